The minimum absolute atomic E-state index is 0.0203. The fourth-order valence-corrected chi connectivity index (χ4v) is 2.97. The zero-order valence-electron chi connectivity index (χ0n) is 13.4. The molecule has 2 saturated heterocycles. The smallest absolute Gasteiger partial charge is 0.245 e. The summed E-state index contributed by atoms with van der Waals surface area (Å²) in [4.78, 5) is 36.2. The van der Waals surface area contributed by atoms with Gasteiger partial charge >= 0.3 is 0 Å². The summed E-state index contributed by atoms with van der Waals surface area (Å²) in [5, 5.41) is 2.74. The van der Waals surface area contributed by atoms with Gasteiger partial charge in [-0.15, -0.1) is 0 Å². The van der Waals surface area contributed by atoms with E-state index in [2.05, 4.69) is 20.2 Å². The molecular formula is C15H21N5O3. The van der Waals surface area contributed by atoms with Crippen LogP contribution in [0.1, 0.15) is 18.7 Å². The number of hydrogen-bond acceptors (Lipinski definition) is 6. The second-order valence-electron chi connectivity index (χ2n) is 5.79. The number of carbonyl (C=O) groups excluding carboxylic acids is 2. The molecule has 3 rings (SSSR count). The molecule has 0 radical (unpaired) electrons. The van der Waals surface area contributed by atoms with Crippen molar-refractivity contribution in [3.05, 3.63) is 11.9 Å². The van der Waals surface area contributed by atoms with Crippen LogP contribution in [0, 0.1) is 6.92 Å². The highest BCUT2D eigenvalue weighted by Crippen LogP contribution is 2.19. The number of carbonyl (C=O) groups is 2. The minimum Gasteiger partial charge on any atom is -0.481 e. The Labute approximate surface area is 134 Å². The summed E-state index contributed by atoms with van der Waals surface area (Å²) < 4.78 is 5.18. The van der Waals surface area contributed by atoms with Crippen LogP contribution >= 0.6 is 0 Å². The third-order valence-corrected chi connectivity index (χ3v) is 4.22. The first-order valence-corrected chi connectivity index (χ1v) is 7.79. The number of aryl methyl sites for hydroxylation is 1. The van der Waals surface area contributed by atoms with Gasteiger partial charge in [0.15, 0.2) is 0 Å². The molecule has 2 fully saturated rings. The number of piperazine rings is 1. The maximum absolute atomic E-state index is 12.4. The molecule has 0 bridgehead atoms. The maximum Gasteiger partial charge on any atom is 0.245 e. The van der Waals surface area contributed by atoms with Crippen LogP contribution < -0.4 is 15.0 Å². The molecule has 0 aliphatic carbocycles. The molecule has 0 saturated carbocycles. The first-order valence-electron chi connectivity index (χ1n) is 7.79. The monoisotopic (exact) mass is 319 g/mol. The van der Waals surface area contributed by atoms with Crippen LogP contribution in [0.15, 0.2) is 6.07 Å². The number of hydrogen-bond donors (Lipinski definition) is 1. The maximum atomic E-state index is 12.4. The van der Waals surface area contributed by atoms with Gasteiger partial charge in [-0.3, -0.25) is 9.59 Å². The number of aromatic nitrogens is 2. The second kappa shape index (κ2) is 6.39. The van der Waals surface area contributed by atoms with E-state index in [1.165, 1.54) is 0 Å². The summed E-state index contributed by atoms with van der Waals surface area (Å²) in [6, 6.07) is 1.46. The average molecular weight is 319 g/mol. The van der Waals surface area contributed by atoms with Crippen molar-refractivity contribution in [2.75, 3.05) is 38.2 Å². The quantitative estimate of drug-likeness (QED) is 0.824. The number of nitrogens with one attached hydrogen (secondary N) is 1. The van der Waals surface area contributed by atoms with Crippen LogP contribution in [0.3, 0.4) is 0 Å². The third-order valence-electron chi connectivity index (χ3n) is 4.22. The molecule has 1 unspecified atom stereocenters. The lowest BCUT2D eigenvalue weighted by atomic mass is 10.2. The van der Waals surface area contributed by atoms with Crippen molar-refractivity contribution in [1.29, 1.82) is 0 Å². The predicted octanol–water partition coefficient (Wildman–Crippen LogP) is -0.279. The Morgan fingerprint density at radius 3 is 2.65 bits per heavy atom. The summed E-state index contributed by atoms with van der Waals surface area (Å²) in [5.74, 6) is 2.00. The normalized spacial score (nSPS) is 21.3. The SMILES string of the molecule is COc1cc(N2CCN(C(=O)C3CCC(=O)N3)CC2)nc(C)n1. The van der Waals surface area contributed by atoms with Gasteiger partial charge in [0.25, 0.3) is 0 Å². The van der Waals surface area contributed by atoms with Crippen LogP contribution in [-0.4, -0.2) is 66.0 Å². The van der Waals surface area contributed by atoms with E-state index in [9.17, 15) is 9.59 Å². The van der Waals surface area contributed by atoms with Gasteiger partial charge in [0.2, 0.25) is 17.7 Å². The summed E-state index contributed by atoms with van der Waals surface area (Å²) in [7, 11) is 1.58. The van der Waals surface area contributed by atoms with E-state index in [-0.39, 0.29) is 17.9 Å². The Bertz CT molecular complexity index is 613. The number of amides is 2. The number of ether oxygens (including phenoxy) is 1. The van der Waals surface area contributed by atoms with E-state index in [4.69, 9.17) is 4.74 Å². The van der Waals surface area contributed by atoms with E-state index in [1.54, 1.807) is 7.11 Å². The number of methoxy groups -OCH3 is 1. The van der Waals surface area contributed by atoms with Gasteiger partial charge in [0.1, 0.15) is 17.7 Å². The predicted molar refractivity (Wildman–Crippen MR) is 83.3 cm³/mol. The summed E-state index contributed by atoms with van der Waals surface area (Å²) in [6.45, 7) is 4.47. The molecule has 0 spiro atoms. The van der Waals surface area contributed by atoms with E-state index in [0.717, 1.165) is 5.82 Å². The van der Waals surface area contributed by atoms with Crippen molar-refractivity contribution in [2.24, 2.45) is 0 Å². The Morgan fingerprint density at radius 1 is 1.30 bits per heavy atom. The molecule has 2 amide bonds. The van der Waals surface area contributed by atoms with E-state index in [1.807, 2.05) is 17.9 Å². The Kier molecular flexibility index (Phi) is 4.31. The fraction of sp³-hybridized carbons (Fsp3) is 0.600. The van der Waals surface area contributed by atoms with Gasteiger partial charge in [0, 0.05) is 38.7 Å². The lowest BCUT2D eigenvalue weighted by Crippen LogP contribution is -2.53. The number of rotatable bonds is 3. The van der Waals surface area contributed by atoms with Gasteiger partial charge in [-0.25, -0.2) is 4.98 Å². The minimum atomic E-state index is -0.351. The van der Waals surface area contributed by atoms with Gasteiger partial charge in [0.05, 0.1) is 7.11 Å². The summed E-state index contributed by atoms with van der Waals surface area (Å²) in [5.41, 5.74) is 0. The molecule has 2 aliphatic heterocycles. The zero-order chi connectivity index (χ0) is 16.4. The van der Waals surface area contributed by atoms with Crippen molar-refractivity contribution in [3.63, 3.8) is 0 Å². The first kappa shape index (κ1) is 15.5. The summed E-state index contributed by atoms with van der Waals surface area (Å²) >= 11 is 0. The van der Waals surface area contributed by atoms with E-state index < -0.39 is 0 Å². The van der Waals surface area contributed by atoms with Crippen LogP contribution in [-0.2, 0) is 9.59 Å². The van der Waals surface area contributed by atoms with Crippen molar-refractivity contribution < 1.29 is 14.3 Å². The van der Waals surface area contributed by atoms with Crippen LogP contribution in [0.4, 0.5) is 5.82 Å². The topological polar surface area (TPSA) is 87.7 Å². The van der Waals surface area contributed by atoms with Crippen molar-refractivity contribution in [3.8, 4) is 5.88 Å². The van der Waals surface area contributed by atoms with E-state index >= 15 is 0 Å². The van der Waals surface area contributed by atoms with Crippen molar-refractivity contribution in [2.45, 2.75) is 25.8 Å². The Morgan fingerprint density at radius 2 is 2.04 bits per heavy atom. The van der Waals surface area contributed by atoms with Crippen LogP contribution in [0.2, 0.25) is 0 Å². The Hall–Kier alpha value is -2.38. The largest absolute Gasteiger partial charge is 0.481 e. The zero-order valence-corrected chi connectivity index (χ0v) is 13.4. The van der Waals surface area contributed by atoms with Gasteiger partial charge < -0.3 is 19.9 Å². The second-order valence-corrected chi connectivity index (χ2v) is 5.79. The lowest BCUT2D eigenvalue weighted by molar-refractivity contribution is -0.134. The number of nitrogens with zero attached hydrogens (tertiary/aromatic N) is 4. The number of anilines is 1. The molecule has 2 aliphatic rings. The Balaban J connectivity index is 1.61. The van der Waals surface area contributed by atoms with Gasteiger partial charge in [-0.05, 0) is 13.3 Å². The van der Waals surface area contributed by atoms with Crippen LogP contribution in [0.25, 0.3) is 0 Å². The molecule has 1 atom stereocenters. The fourth-order valence-electron chi connectivity index (χ4n) is 2.97. The molecule has 0 aromatic carbocycles. The van der Waals surface area contributed by atoms with Crippen LogP contribution in [0.5, 0.6) is 5.88 Å². The standard InChI is InChI=1S/C15H21N5O3/c1-10-16-12(9-14(17-10)23-2)19-5-7-20(8-6-19)15(22)11-3-4-13(21)18-11/h9,11H,3-8H2,1-2H3,(H,18,21). The highest BCUT2D eigenvalue weighted by Gasteiger charge is 2.32. The molecule has 3 heterocycles. The molecule has 1 aromatic rings. The van der Waals surface area contributed by atoms with Crippen molar-refractivity contribution in [1.82, 2.24) is 20.2 Å². The highest BCUT2D eigenvalue weighted by atomic mass is 16.5. The molecule has 23 heavy (non-hydrogen) atoms. The van der Waals surface area contributed by atoms with Crippen molar-refractivity contribution >= 4 is 17.6 Å². The molecule has 1 N–H and O–H groups in total. The molecule has 8 nitrogen and oxygen atoms in total. The molecule has 1 aromatic heterocycles. The summed E-state index contributed by atoms with van der Waals surface area (Å²) in [6.07, 6.45) is 1.04. The molecule has 124 valence electrons. The molecule has 8 heteroatoms. The van der Waals surface area contributed by atoms with E-state index in [0.29, 0.717) is 50.7 Å². The third kappa shape index (κ3) is 3.35. The average Bonchev–Trinajstić information content (AvgIpc) is 3.00. The molecular weight excluding hydrogens is 298 g/mol. The highest BCUT2D eigenvalue weighted by molar-refractivity contribution is 5.90. The first-order chi connectivity index (χ1) is 11.1. The lowest BCUT2D eigenvalue weighted by Gasteiger charge is -2.36. The van der Waals surface area contributed by atoms with Gasteiger partial charge in [-0.1, -0.05) is 0 Å². The van der Waals surface area contributed by atoms with Gasteiger partial charge in [-0.2, -0.15) is 4.98 Å².